The van der Waals surface area contributed by atoms with Crippen LogP contribution in [0.25, 0.3) is 0 Å². The third-order valence-corrected chi connectivity index (χ3v) is 3.84. The summed E-state index contributed by atoms with van der Waals surface area (Å²) in [6.07, 6.45) is 3.45. The molecule has 0 saturated heterocycles. The highest BCUT2D eigenvalue weighted by Crippen LogP contribution is 2.15. The van der Waals surface area contributed by atoms with E-state index in [2.05, 4.69) is 41.3 Å². The Labute approximate surface area is 120 Å². The fraction of sp³-hybridized carbons (Fsp3) is 0.643. The number of aromatic nitrogens is 5. The zero-order chi connectivity index (χ0) is 14.7. The van der Waals surface area contributed by atoms with Crippen LogP contribution in [0.5, 0.6) is 0 Å². The van der Waals surface area contributed by atoms with Crippen molar-refractivity contribution in [2.45, 2.75) is 39.7 Å². The lowest BCUT2D eigenvalue weighted by Crippen LogP contribution is -2.34. The van der Waals surface area contributed by atoms with Gasteiger partial charge in [-0.1, -0.05) is 6.92 Å². The predicted molar refractivity (Wildman–Crippen MR) is 78.6 cm³/mol. The largest absolute Gasteiger partial charge is 0.313 e. The Balaban J connectivity index is 2.15. The molecule has 0 bridgehead atoms. The molecular weight excluding hydrogens is 252 g/mol. The van der Waals surface area contributed by atoms with Gasteiger partial charge in [-0.2, -0.15) is 10.2 Å². The van der Waals surface area contributed by atoms with E-state index < -0.39 is 0 Å². The lowest BCUT2D eigenvalue weighted by Gasteiger charge is -2.17. The quantitative estimate of drug-likeness (QED) is 0.852. The van der Waals surface area contributed by atoms with Gasteiger partial charge in [0.25, 0.3) is 0 Å². The minimum atomic E-state index is 0.351. The van der Waals surface area contributed by atoms with Crippen molar-refractivity contribution in [3.8, 4) is 0 Å². The molecule has 110 valence electrons. The van der Waals surface area contributed by atoms with E-state index in [4.69, 9.17) is 0 Å². The average Bonchev–Trinajstić information content (AvgIpc) is 2.89. The first kappa shape index (κ1) is 14.7. The van der Waals surface area contributed by atoms with Crippen LogP contribution in [0.1, 0.15) is 29.7 Å². The zero-order valence-corrected chi connectivity index (χ0v) is 13.0. The van der Waals surface area contributed by atoms with Gasteiger partial charge in [-0.05, 0) is 32.4 Å². The van der Waals surface area contributed by atoms with Gasteiger partial charge in [0.15, 0.2) is 0 Å². The summed E-state index contributed by atoms with van der Waals surface area (Å²) in [5, 5.41) is 12.2. The summed E-state index contributed by atoms with van der Waals surface area (Å²) in [6, 6.07) is 0.351. The Morgan fingerprint density at radius 1 is 1.20 bits per heavy atom. The van der Waals surface area contributed by atoms with Crippen molar-refractivity contribution >= 4 is 0 Å². The van der Waals surface area contributed by atoms with Crippen molar-refractivity contribution in [3.63, 3.8) is 0 Å². The molecule has 0 radical (unpaired) electrons. The summed E-state index contributed by atoms with van der Waals surface area (Å²) in [5.41, 5.74) is 3.69. The van der Waals surface area contributed by atoms with Gasteiger partial charge >= 0.3 is 0 Å². The maximum atomic E-state index is 4.49. The molecule has 0 spiro atoms. The van der Waals surface area contributed by atoms with Crippen LogP contribution in [0.4, 0.5) is 0 Å². The maximum Gasteiger partial charge on any atom is 0.138 e. The Morgan fingerprint density at radius 2 is 1.95 bits per heavy atom. The molecule has 1 unspecified atom stereocenters. The number of aryl methyl sites for hydroxylation is 3. The Morgan fingerprint density at radius 3 is 2.45 bits per heavy atom. The molecule has 6 heteroatoms. The molecule has 2 rings (SSSR count). The molecular formula is C14H24N6. The minimum Gasteiger partial charge on any atom is -0.313 e. The van der Waals surface area contributed by atoms with Crippen LogP contribution in [0.15, 0.2) is 6.33 Å². The molecule has 0 aliphatic heterocycles. The zero-order valence-electron chi connectivity index (χ0n) is 13.0. The normalized spacial score (nSPS) is 12.8. The molecule has 2 heterocycles. The standard InChI is InChI=1S/C14H24N6/c1-6-15-12(8-14-16-9-17-20(14)5)7-13-10(2)18-19(4)11(13)3/h9,12,15H,6-8H2,1-5H3. The first-order chi connectivity index (χ1) is 9.52. The van der Waals surface area contributed by atoms with Crippen LogP contribution in [0, 0.1) is 13.8 Å². The van der Waals surface area contributed by atoms with E-state index in [-0.39, 0.29) is 0 Å². The number of nitrogens with zero attached hydrogens (tertiary/aromatic N) is 5. The van der Waals surface area contributed by atoms with E-state index in [0.717, 1.165) is 30.9 Å². The third-order valence-electron chi connectivity index (χ3n) is 3.84. The van der Waals surface area contributed by atoms with E-state index in [1.807, 2.05) is 23.5 Å². The molecule has 0 aliphatic rings. The van der Waals surface area contributed by atoms with Gasteiger partial charge in [0, 0.05) is 32.3 Å². The Bertz CT molecular complexity index is 568. The van der Waals surface area contributed by atoms with Crippen molar-refractivity contribution in [1.82, 2.24) is 29.9 Å². The van der Waals surface area contributed by atoms with Crippen molar-refractivity contribution in [2.75, 3.05) is 6.54 Å². The van der Waals surface area contributed by atoms with Gasteiger partial charge in [-0.15, -0.1) is 0 Å². The molecule has 6 nitrogen and oxygen atoms in total. The average molecular weight is 276 g/mol. The van der Waals surface area contributed by atoms with Gasteiger partial charge in [0.1, 0.15) is 12.2 Å². The van der Waals surface area contributed by atoms with Gasteiger partial charge in [-0.3, -0.25) is 9.36 Å². The molecule has 0 aromatic carbocycles. The maximum absolute atomic E-state index is 4.49. The molecule has 20 heavy (non-hydrogen) atoms. The van der Waals surface area contributed by atoms with Crippen LogP contribution in [0.3, 0.4) is 0 Å². The fourth-order valence-electron chi connectivity index (χ4n) is 2.59. The van der Waals surface area contributed by atoms with Crippen molar-refractivity contribution in [2.24, 2.45) is 14.1 Å². The summed E-state index contributed by atoms with van der Waals surface area (Å²) in [7, 11) is 3.93. The lowest BCUT2D eigenvalue weighted by molar-refractivity contribution is 0.497. The second kappa shape index (κ2) is 6.17. The highest BCUT2D eigenvalue weighted by molar-refractivity contribution is 5.25. The van der Waals surface area contributed by atoms with E-state index >= 15 is 0 Å². The molecule has 2 aromatic rings. The molecule has 1 N–H and O–H groups in total. The van der Waals surface area contributed by atoms with Crippen molar-refractivity contribution in [1.29, 1.82) is 0 Å². The first-order valence-corrected chi connectivity index (χ1v) is 7.08. The summed E-state index contributed by atoms with van der Waals surface area (Å²) >= 11 is 0. The third kappa shape index (κ3) is 3.07. The molecule has 0 saturated carbocycles. The number of hydrogen-bond acceptors (Lipinski definition) is 4. The smallest absolute Gasteiger partial charge is 0.138 e. The fourth-order valence-corrected chi connectivity index (χ4v) is 2.59. The number of nitrogens with one attached hydrogen (secondary N) is 1. The van der Waals surface area contributed by atoms with Gasteiger partial charge in [-0.25, -0.2) is 4.98 Å². The molecule has 0 amide bonds. The van der Waals surface area contributed by atoms with E-state index in [9.17, 15) is 0 Å². The second-order valence-corrected chi connectivity index (χ2v) is 5.24. The van der Waals surface area contributed by atoms with Gasteiger partial charge in [0.05, 0.1) is 5.69 Å². The van der Waals surface area contributed by atoms with E-state index in [1.165, 1.54) is 11.3 Å². The summed E-state index contributed by atoms with van der Waals surface area (Å²) < 4.78 is 3.79. The highest BCUT2D eigenvalue weighted by Gasteiger charge is 2.17. The van der Waals surface area contributed by atoms with Gasteiger partial charge in [0.2, 0.25) is 0 Å². The van der Waals surface area contributed by atoms with Crippen LogP contribution >= 0.6 is 0 Å². The molecule has 2 aromatic heterocycles. The number of hydrogen-bond donors (Lipinski definition) is 1. The van der Waals surface area contributed by atoms with Gasteiger partial charge < -0.3 is 5.32 Å². The van der Waals surface area contributed by atoms with Crippen molar-refractivity contribution < 1.29 is 0 Å². The summed E-state index contributed by atoms with van der Waals surface area (Å²) in [5.74, 6) is 1.01. The Hall–Kier alpha value is -1.69. The SMILES string of the molecule is CCNC(Cc1c(C)nn(C)c1C)Cc1ncnn1C. The van der Waals surface area contributed by atoms with Crippen molar-refractivity contribution in [3.05, 3.63) is 29.1 Å². The number of likely N-dealkylation sites (N-methyl/N-ethyl adjacent to an activating group) is 1. The monoisotopic (exact) mass is 276 g/mol. The van der Waals surface area contributed by atoms with E-state index in [0.29, 0.717) is 6.04 Å². The van der Waals surface area contributed by atoms with E-state index in [1.54, 1.807) is 6.33 Å². The molecule has 0 aliphatic carbocycles. The lowest BCUT2D eigenvalue weighted by atomic mass is 10.0. The molecule has 1 atom stereocenters. The summed E-state index contributed by atoms with van der Waals surface area (Å²) in [6.45, 7) is 7.28. The topological polar surface area (TPSA) is 60.6 Å². The Kier molecular flexibility index (Phi) is 4.54. The first-order valence-electron chi connectivity index (χ1n) is 7.08. The molecule has 0 fully saturated rings. The van der Waals surface area contributed by atoms with Crippen LogP contribution in [0.2, 0.25) is 0 Å². The van der Waals surface area contributed by atoms with Crippen LogP contribution < -0.4 is 5.32 Å². The second-order valence-electron chi connectivity index (χ2n) is 5.24. The minimum absolute atomic E-state index is 0.351. The summed E-state index contributed by atoms with van der Waals surface area (Å²) in [4.78, 5) is 4.32. The number of rotatable bonds is 6. The van der Waals surface area contributed by atoms with Crippen LogP contribution in [-0.4, -0.2) is 37.1 Å². The van der Waals surface area contributed by atoms with Crippen LogP contribution in [-0.2, 0) is 26.9 Å². The predicted octanol–water partition coefficient (Wildman–Crippen LogP) is 0.929. The highest BCUT2D eigenvalue weighted by atomic mass is 15.3.